The van der Waals surface area contributed by atoms with Gasteiger partial charge in [-0.1, -0.05) is 24.3 Å². The standard InChI is InChI=1S/C21H27N3O4S/c1-28-20-10-5-7-18(17-20)21(25)22-11-6-16-29(26,27)24-14-12-23(13-15-24)19-8-3-2-4-9-19/h2-5,7-10,17H,6,11-16H2,1H3,(H,22,25). The number of hydrogen-bond donors (Lipinski definition) is 1. The number of hydrogen-bond acceptors (Lipinski definition) is 5. The van der Waals surface area contributed by atoms with Crippen LogP contribution in [0.25, 0.3) is 0 Å². The van der Waals surface area contributed by atoms with E-state index in [2.05, 4.69) is 10.2 Å². The Bertz CT molecular complexity index is 911. The third kappa shape index (κ3) is 5.71. The fourth-order valence-electron chi connectivity index (χ4n) is 3.32. The summed E-state index contributed by atoms with van der Waals surface area (Å²) in [6.07, 6.45) is 0.372. The first-order valence-electron chi connectivity index (χ1n) is 9.70. The normalized spacial score (nSPS) is 15.1. The van der Waals surface area contributed by atoms with Crippen LogP contribution in [0.5, 0.6) is 5.75 Å². The molecule has 2 aromatic rings. The summed E-state index contributed by atoms with van der Waals surface area (Å²) in [6, 6.07) is 16.9. The second-order valence-corrected chi connectivity index (χ2v) is 8.97. The van der Waals surface area contributed by atoms with E-state index < -0.39 is 10.0 Å². The molecule has 2 aromatic carbocycles. The summed E-state index contributed by atoms with van der Waals surface area (Å²) in [6.45, 7) is 2.62. The maximum absolute atomic E-state index is 12.6. The van der Waals surface area contributed by atoms with E-state index in [9.17, 15) is 13.2 Å². The Labute approximate surface area is 172 Å². The molecule has 29 heavy (non-hydrogen) atoms. The molecule has 1 fully saturated rings. The fraction of sp³-hybridized carbons (Fsp3) is 0.381. The summed E-state index contributed by atoms with van der Waals surface area (Å²) in [5.74, 6) is 0.393. The molecule has 0 spiro atoms. The minimum atomic E-state index is -3.33. The molecule has 1 saturated heterocycles. The van der Waals surface area contributed by atoms with Gasteiger partial charge in [-0.15, -0.1) is 0 Å². The first-order chi connectivity index (χ1) is 14.0. The number of benzene rings is 2. The zero-order valence-corrected chi connectivity index (χ0v) is 17.4. The lowest BCUT2D eigenvalue weighted by molar-refractivity contribution is 0.0953. The lowest BCUT2D eigenvalue weighted by Gasteiger charge is -2.35. The number of para-hydroxylation sites is 1. The van der Waals surface area contributed by atoms with Crippen molar-refractivity contribution in [2.24, 2.45) is 0 Å². The van der Waals surface area contributed by atoms with E-state index in [1.807, 2.05) is 30.3 Å². The highest BCUT2D eigenvalue weighted by Gasteiger charge is 2.26. The molecule has 0 radical (unpaired) electrons. The van der Waals surface area contributed by atoms with Crippen molar-refractivity contribution in [1.29, 1.82) is 0 Å². The Balaban J connectivity index is 1.43. The summed E-state index contributed by atoms with van der Waals surface area (Å²) in [5.41, 5.74) is 1.61. The summed E-state index contributed by atoms with van der Waals surface area (Å²) in [5, 5.41) is 2.77. The molecule has 3 rings (SSSR count). The van der Waals surface area contributed by atoms with Crippen molar-refractivity contribution in [3.8, 4) is 5.75 Å². The van der Waals surface area contributed by atoms with Gasteiger partial charge in [0.15, 0.2) is 0 Å². The number of ether oxygens (including phenoxy) is 1. The maximum Gasteiger partial charge on any atom is 0.251 e. The van der Waals surface area contributed by atoms with E-state index in [0.717, 1.165) is 5.69 Å². The minimum Gasteiger partial charge on any atom is -0.497 e. The van der Waals surface area contributed by atoms with Crippen LogP contribution in [0.2, 0.25) is 0 Å². The van der Waals surface area contributed by atoms with Crippen LogP contribution in [0, 0.1) is 0 Å². The Morgan fingerprint density at radius 1 is 1.03 bits per heavy atom. The van der Waals surface area contributed by atoms with E-state index in [1.165, 1.54) is 0 Å². The van der Waals surface area contributed by atoms with Gasteiger partial charge in [0.05, 0.1) is 12.9 Å². The van der Waals surface area contributed by atoms with Crippen LogP contribution in [0.4, 0.5) is 5.69 Å². The van der Waals surface area contributed by atoms with Gasteiger partial charge in [-0.2, -0.15) is 4.31 Å². The molecule has 0 saturated carbocycles. The van der Waals surface area contributed by atoms with Crippen molar-refractivity contribution in [2.45, 2.75) is 6.42 Å². The first kappa shape index (κ1) is 21.1. The van der Waals surface area contributed by atoms with Gasteiger partial charge < -0.3 is 15.0 Å². The van der Waals surface area contributed by atoms with E-state index in [4.69, 9.17) is 4.74 Å². The molecule has 0 aromatic heterocycles. The molecule has 156 valence electrons. The van der Waals surface area contributed by atoms with Crippen LogP contribution in [-0.4, -0.2) is 64.2 Å². The van der Waals surface area contributed by atoms with Crippen molar-refractivity contribution in [3.05, 3.63) is 60.2 Å². The number of nitrogens with zero attached hydrogens (tertiary/aromatic N) is 2. The third-order valence-electron chi connectivity index (χ3n) is 4.95. The lowest BCUT2D eigenvalue weighted by Crippen LogP contribution is -2.49. The van der Waals surface area contributed by atoms with Crippen LogP contribution in [0.15, 0.2) is 54.6 Å². The van der Waals surface area contributed by atoms with Gasteiger partial charge >= 0.3 is 0 Å². The number of sulfonamides is 1. The van der Waals surface area contributed by atoms with Gasteiger partial charge in [0, 0.05) is 44.0 Å². The van der Waals surface area contributed by atoms with E-state index in [1.54, 1.807) is 35.7 Å². The number of piperazine rings is 1. The number of carbonyl (C=O) groups excluding carboxylic acids is 1. The predicted octanol–water partition coefficient (Wildman–Crippen LogP) is 1.97. The first-order valence-corrected chi connectivity index (χ1v) is 11.3. The third-order valence-corrected chi connectivity index (χ3v) is 6.91. The fourth-order valence-corrected chi connectivity index (χ4v) is 4.80. The number of rotatable bonds is 8. The van der Waals surface area contributed by atoms with Crippen molar-refractivity contribution < 1.29 is 17.9 Å². The second kappa shape index (κ2) is 9.76. The largest absolute Gasteiger partial charge is 0.497 e. The highest BCUT2D eigenvalue weighted by molar-refractivity contribution is 7.89. The maximum atomic E-state index is 12.6. The highest BCUT2D eigenvalue weighted by Crippen LogP contribution is 2.17. The Morgan fingerprint density at radius 3 is 2.45 bits per heavy atom. The molecule has 0 aliphatic carbocycles. The monoisotopic (exact) mass is 417 g/mol. The summed E-state index contributed by atoms with van der Waals surface area (Å²) >= 11 is 0. The Kier molecular flexibility index (Phi) is 7.11. The molecule has 1 N–H and O–H groups in total. The lowest BCUT2D eigenvalue weighted by atomic mass is 10.2. The average Bonchev–Trinajstić information content (AvgIpc) is 2.77. The SMILES string of the molecule is COc1cccc(C(=O)NCCCS(=O)(=O)N2CCN(c3ccccc3)CC2)c1. The average molecular weight is 418 g/mol. The number of carbonyl (C=O) groups is 1. The summed E-state index contributed by atoms with van der Waals surface area (Å²) in [7, 11) is -1.78. The topological polar surface area (TPSA) is 78.9 Å². The van der Waals surface area contributed by atoms with Crippen LogP contribution < -0.4 is 15.0 Å². The number of anilines is 1. The van der Waals surface area contributed by atoms with Crippen molar-refractivity contribution in [3.63, 3.8) is 0 Å². The predicted molar refractivity (Wildman–Crippen MR) is 114 cm³/mol. The van der Waals surface area contributed by atoms with E-state index in [-0.39, 0.29) is 11.7 Å². The zero-order valence-electron chi connectivity index (χ0n) is 16.6. The Morgan fingerprint density at radius 2 is 1.76 bits per heavy atom. The van der Waals surface area contributed by atoms with Crippen LogP contribution in [-0.2, 0) is 10.0 Å². The molecule has 7 nitrogen and oxygen atoms in total. The molecule has 0 unspecified atom stereocenters. The van der Waals surface area contributed by atoms with Gasteiger partial charge in [0.2, 0.25) is 10.0 Å². The van der Waals surface area contributed by atoms with Gasteiger partial charge in [-0.3, -0.25) is 4.79 Å². The molecule has 1 aliphatic heterocycles. The summed E-state index contributed by atoms with van der Waals surface area (Å²) < 4.78 is 31.9. The van der Waals surface area contributed by atoms with Gasteiger partial charge in [0.1, 0.15) is 5.75 Å². The molecule has 0 atom stereocenters. The zero-order chi connectivity index (χ0) is 20.7. The number of methoxy groups -OCH3 is 1. The number of amides is 1. The molecule has 1 amide bonds. The smallest absolute Gasteiger partial charge is 0.251 e. The van der Waals surface area contributed by atoms with Crippen LogP contribution in [0.3, 0.4) is 0 Å². The molecular weight excluding hydrogens is 390 g/mol. The van der Waals surface area contributed by atoms with Crippen molar-refractivity contribution in [1.82, 2.24) is 9.62 Å². The van der Waals surface area contributed by atoms with Crippen LogP contribution >= 0.6 is 0 Å². The molecule has 0 bridgehead atoms. The van der Waals surface area contributed by atoms with Crippen molar-refractivity contribution in [2.75, 3.05) is 50.5 Å². The highest BCUT2D eigenvalue weighted by atomic mass is 32.2. The molecule has 1 aliphatic rings. The molecule has 1 heterocycles. The Hall–Kier alpha value is -2.58. The number of nitrogens with one attached hydrogen (secondary N) is 1. The van der Waals surface area contributed by atoms with Gasteiger partial charge in [0.25, 0.3) is 5.91 Å². The second-order valence-electron chi connectivity index (χ2n) is 6.88. The van der Waals surface area contributed by atoms with Crippen LogP contribution in [0.1, 0.15) is 16.8 Å². The molecular formula is C21H27N3O4S. The van der Waals surface area contributed by atoms with Crippen molar-refractivity contribution >= 4 is 21.6 Å². The van der Waals surface area contributed by atoms with E-state index >= 15 is 0 Å². The molecule has 8 heteroatoms. The quantitative estimate of drug-likeness (QED) is 0.665. The van der Waals surface area contributed by atoms with Gasteiger partial charge in [-0.05, 0) is 36.8 Å². The van der Waals surface area contributed by atoms with Gasteiger partial charge in [-0.25, -0.2) is 8.42 Å². The minimum absolute atomic E-state index is 0.0245. The van der Waals surface area contributed by atoms with E-state index in [0.29, 0.717) is 50.5 Å². The summed E-state index contributed by atoms with van der Waals surface area (Å²) in [4.78, 5) is 14.4.